The van der Waals surface area contributed by atoms with Crippen molar-refractivity contribution in [3.05, 3.63) is 108 Å². The zero-order chi connectivity index (χ0) is 25.8. The maximum atomic E-state index is 13.4. The molecule has 1 N–H and O–H groups in total. The number of ether oxygens (including phenoxy) is 1. The molecule has 0 atom stereocenters. The number of amides is 1. The van der Waals surface area contributed by atoms with E-state index in [4.69, 9.17) is 21.3 Å². The van der Waals surface area contributed by atoms with Crippen LogP contribution in [0.15, 0.2) is 80.7 Å². The summed E-state index contributed by atoms with van der Waals surface area (Å²) in [5, 5.41) is 4.42. The third kappa shape index (κ3) is 6.17. The predicted octanol–water partition coefficient (Wildman–Crippen LogP) is 9.39. The van der Waals surface area contributed by atoms with E-state index in [1.165, 1.54) is 4.88 Å². The fraction of sp³-hybridized carbons (Fsp3) is 0.172. The number of para-hydroxylation sites is 1. The van der Waals surface area contributed by atoms with Crippen molar-refractivity contribution in [2.24, 2.45) is 4.99 Å². The molecule has 1 amide bonds. The maximum absolute atomic E-state index is 13.4. The van der Waals surface area contributed by atoms with Gasteiger partial charge in [-0.3, -0.25) is 4.79 Å². The fourth-order valence-corrected chi connectivity index (χ4v) is 7.11. The first-order valence-electron chi connectivity index (χ1n) is 11.9. The van der Waals surface area contributed by atoms with Gasteiger partial charge in [0.2, 0.25) is 0 Å². The number of thiophene rings is 1. The number of rotatable bonds is 7. The van der Waals surface area contributed by atoms with Crippen LogP contribution >= 0.6 is 54.8 Å². The lowest BCUT2D eigenvalue weighted by atomic mass is 9.95. The highest BCUT2D eigenvalue weighted by Gasteiger charge is 2.25. The summed E-state index contributed by atoms with van der Waals surface area (Å²) in [4.78, 5) is 19.5. The topological polar surface area (TPSA) is 50.7 Å². The van der Waals surface area contributed by atoms with Crippen LogP contribution in [0.5, 0.6) is 5.75 Å². The number of carbonyl (C=O) groups excluding carboxylic acids is 1. The van der Waals surface area contributed by atoms with E-state index >= 15 is 0 Å². The second-order valence-electron chi connectivity index (χ2n) is 8.66. The van der Waals surface area contributed by atoms with Crippen LogP contribution in [-0.2, 0) is 19.4 Å². The highest BCUT2D eigenvalue weighted by molar-refractivity contribution is 9.11. The van der Waals surface area contributed by atoms with Crippen LogP contribution in [0.2, 0.25) is 5.02 Å². The molecule has 0 bridgehead atoms. The molecule has 0 saturated carbocycles. The smallest absolute Gasteiger partial charge is 0.259 e. The molecule has 0 spiro atoms. The lowest BCUT2D eigenvalue weighted by molar-refractivity contribution is 0.102. The lowest BCUT2D eigenvalue weighted by Gasteiger charge is -2.13. The van der Waals surface area contributed by atoms with Crippen LogP contribution in [-0.4, -0.2) is 12.1 Å². The van der Waals surface area contributed by atoms with Crippen LogP contribution in [0.25, 0.3) is 0 Å². The summed E-state index contributed by atoms with van der Waals surface area (Å²) >= 11 is 15.1. The summed E-state index contributed by atoms with van der Waals surface area (Å²) in [5.41, 5.74) is 4.25. The molecule has 1 aliphatic rings. The van der Waals surface area contributed by atoms with Crippen molar-refractivity contribution in [1.29, 1.82) is 0 Å². The first-order chi connectivity index (χ1) is 18.0. The average Bonchev–Trinajstić information content (AvgIpc) is 3.27. The van der Waals surface area contributed by atoms with Crippen LogP contribution < -0.4 is 10.1 Å². The highest BCUT2D eigenvalue weighted by Crippen LogP contribution is 2.41. The number of aryl methyl sites for hydroxylation is 1. The molecular formula is C29H23Br2ClN2O2S. The molecule has 0 saturated heterocycles. The van der Waals surface area contributed by atoms with E-state index in [0.29, 0.717) is 27.9 Å². The molecule has 3 aromatic carbocycles. The molecule has 4 aromatic rings. The summed E-state index contributed by atoms with van der Waals surface area (Å²) in [6.07, 6.45) is 5.86. The van der Waals surface area contributed by atoms with Gasteiger partial charge in [0.25, 0.3) is 5.91 Å². The normalized spacial score (nSPS) is 12.9. The number of nitrogens with one attached hydrogen (secondary N) is 1. The van der Waals surface area contributed by atoms with Gasteiger partial charge in [-0.15, -0.1) is 11.3 Å². The number of halogens is 3. The molecule has 1 aliphatic carbocycles. The average molecular weight is 659 g/mol. The molecule has 5 rings (SSSR count). The third-order valence-corrected chi connectivity index (χ3v) is 8.71. The Morgan fingerprint density at radius 1 is 1.05 bits per heavy atom. The molecule has 8 heteroatoms. The number of anilines is 1. The van der Waals surface area contributed by atoms with E-state index in [1.807, 2.05) is 66.7 Å². The van der Waals surface area contributed by atoms with E-state index in [9.17, 15) is 4.79 Å². The first-order valence-corrected chi connectivity index (χ1v) is 14.7. The minimum absolute atomic E-state index is 0.122. The Bertz CT molecular complexity index is 1470. The Kier molecular flexibility index (Phi) is 8.45. The van der Waals surface area contributed by atoms with Crippen LogP contribution in [0.3, 0.4) is 0 Å². The monoisotopic (exact) mass is 656 g/mol. The predicted molar refractivity (Wildman–Crippen MR) is 160 cm³/mol. The summed E-state index contributed by atoms with van der Waals surface area (Å²) in [6, 6.07) is 21.0. The molecule has 0 fully saturated rings. The number of hydrogen-bond acceptors (Lipinski definition) is 4. The zero-order valence-electron chi connectivity index (χ0n) is 19.8. The van der Waals surface area contributed by atoms with Crippen molar-refractivity contribution in [2.45, 2.75) is 32.3 Å². The fourth-order valence-electron chi connectivity index (χ4n) is 4.31. The van der Waals surface area contributed by atoms with Gasteiger partial charge in [0.15, 0.2) is 0 Å². The zero-order valence-corrected chi connectivity index (χ0v) is 24.5. The van der Waals surface area contributed by atoms with Crippen molar-refractivity contribution in [2.75, 3.05) is 5.32 Å². The molecule has 1 aromatic heterocycles. The van der Waals surface area contributed by atoms with Gasteiger partial charge in [-0.2, -0.15) is 0 Å². The number of carbonyl (C=O) groups is 1. The van der Waals surface area contributed by atoms with Gasteiger partial charge in [-0.25, -0.2) is 4.99 Å². The Hall–Kier alpha value is -2.45. The van der Waals surface area contributed by atoms with Crippen molar-refractivity contribution >= 4 is 77.6 Å². The molecule has 0 unspecified atom stereocenters. The van der Waals surface area contributed by atoms with Crippen molar-refractivity contribution in [1.82, 2.24) is 0 Å². The minimum atomic E-state index is -0.122. The van der Waals surface area contributed by atoms with Gasteiger partial charge in [0.1, 0.15) is 17.4 Å². The maximum Gasteiger partial charge on any atom is 0.259 e. The van der Waals surface area contributed by atoms with Crippen molar-refractivity contribution in [3.8, 4) is 5.75 Å². The van der Waals surface area contributed by atoms with E-state index in [-0.39, 0.29) is 5.91 Å². The minimum Gasteiger partial charge on any atom is -0.487 e. The number of aliphatic imine (C=N–C) groups is 1. The van der Waals surface area contributed by atoms with Crippen LogP contribution in [0.1, 0.15) is 44.8 Å². The van der Waals surface area contributed by atoms with Gasteiger partial charge in [-0.05, 0) is 77.5 Å². The second kappa shape index (κ2) is 11.9. The summed E-state index contributed by atoms with van der Waals surface area (Å²) in [5.74, 6) is 0.534. The van der Waals surface area contributed by atoms with Gasteiger partial charge < -0.3 is 10.1 Å². The lowest BCUT2D eigenvalue weighted by Crippen LogP contribution is -2.14. The van der Waals surface area contributed by atoms with Gasteiger partial charge in [0, 0.05) is 37.4 Å². The molecule has 37 heavy (non-hydrogen) atoms. The summed E-state index contributed by atoms with van der Waals surface area (Å²) in [7, 11) is 0. The van der Waals surface area contributed by atoms with E-state index in [0.717, 1.165) is 57.0 Å². The van der Waals surface area contributed by atoms with Crippen molar-refractivity contribution in [3.63, 3.8) is 0 Å². The van der Waals surface area contributed by atoms with Crippen molar-refractivity contribution < 1.29 is 9.53 Å². The summed E-state index contributed by atoms with van der Waals surface area (Å²) in [6.45, 7) is 0.318. The summed E-state index contributed by atoms with van der Waals surface area (Å²) < 4.78 is 7.88. The number of hydrogen-bond donors (Lipinski definition) is 1. The first kappa shape index (κ1) is 26.2. The van der Waals surface area contributed by atoms with E-state index in [2.05, 4.69) is 37.2 Å². The third-order valence-electron chi connectivity index (χ3n) is 6.10. The van der Waals surface area contributed by atoms with Gasteiger partial charge in [0.05, 0.1) is 10.0 Å². The Morgan fingerprint density at radius 3 is 2.62 bits per heavy atom. The SMILES string of the molecule is O=C(Nc1ccccc1)c1c(N=Cc2cc(Br)cc(Br)c2OCc2ccccc2Cl)sc2c1CCCC2. The Morgan fingerprint density at radius 2 is 1.81 bits per heavy atom. The number of benzene rings is 3. The van der Waals surface area contributed by atoms with E-state index < -0.39 is 0 Å². The van der Waals surface area contributed by atoms with Crippen LogP contribution in [0, 0.1) is 0 Å². The highest BCUT2D eigenvalue weighted by atomic mass is 79.9. The Balaban J connectivity index is 1.48. The molecule has 1 heterocycles. The quantitative estimate of drug-likeness (QED) is 0.201. The van der Waals surface area contributed by atoms with Gasteiger partial charge >= 0.3 is 0 Å². The number of nitrogens with zero attached hydrogens (tertiary/aromatic N) is 1. The van der Waals surface area contributed by atoms with Gasteiger partial charge in [-0.1, -0.05) is 63.9 Å². The van der Waals surface area contributed by atoms with Crippen LogP contribution in [0.4, 0.5) is 10.7 Å². The molecule has 188 valence electrons. The molecule has 4 nitrogen and oxygen atoms in total. The second-order valence-corrected chi connectivity index (χ2v) is 11.9. The largest absolute Gasteiger partial charge is 0.487 e. The molecular weight excluding hydrogens is 636 g/mol. The van der Waals surface area contributed by atoms with E-state index in [1.54, 1.807) is 17.6 Å². The standard InChI is InChI=1S/C29H23Br2ClN2O2S/c30-20-14-19(27(23(31)15-20)36-17-18-8-4-6-12-24(18)32)16-33-29-26(22-11-5-7-13-25(22)37-29)28(35)34-21-9-2-1-3-10-21/h1-4,6,8-10,12,14-16H,5,7,11,13,17H2,(H,34,35). The molecule has 0 aliphatic heterocycles. The molecule has 0 radical (unpaired) electrons. The Labute approximate surface area is 242 Å². The number of fused-ring (bicyclic) bond motifs is 1.